The Hall–Kier alpha value is -1.08. The molecular weight excluding hydrogens is 292 g/mol. The molecule has 0 aliphatic carbocycles. The zero-order valence-electron chi connectivity index (χ0n) is 12.8. The molecule has 2 heterocycles. The topological polar surface area (TPSA) is 75.7 Å². The van der Waals surface area contributed by atoms with Gasteiger partial charge in [0.1, 0.15) is 5.60 Å². The molecule has 2 aliphatic heterocycles. The molecule has 0 aromatic carbocycles. The number of nitrogens with zero attached hydrogens (tertiary/aromatic N) is 1. The highest BCUT2D eigenvalue weighted by atomic mass is 32.2. The van der Waals surface area contributed by atoms with Crippen LogP contribution in [0, 0.1) is 0 Å². The summed E-state index contributed by atoms with van der Waals surface area (Å²) in [7, 11) is -3.05. The van der Waals surface area contributed by atoms with Crippen LogP contribution in [0.4, 0.5) is 4.79 Å². The molecule has 0 spiro atoms. The average Bonchev–Trinajstić information content (AvgIpc) is 2.67. The van der Waals surface area contributed by atoms with E-state index in [1.54, 1.807) is 11.0 Å². The molecule has 1 amide bonds. The Bertz CT molecular complexity index is 522. The van der Waals surface area contributed by atoms with E-state index in [0.717, 1.165) is 12.8 Å². The predicted octanol–water partition coefficient (Wildman–Crippen LogP) is 1.29. The first kappa shape index (κ1) is 16.3. The van der Waals surface area contributed by atoms with Gasteiger partial charge in [0.2, 0.25) is 0 Å². The number of amides is 1. The highest BCUT2D eigenvalue weighted by Crippen LogP contribution is 2.17. The summed E-state index contributed by atoms with van der Waals surface area (Å²) in [6.45, 7) is 6.78. The zero-order valence-corrected chi connectivity index (χ0v) is 13.6. The van der Waals surface area contributed by atoms with Crippen molar-refractivity contribution in [2.75, 3.05) is 18.8 Å². The van der Waals surface area contributed by atoms with E-state index in [-0.39, 0.29) is 23.9 Å². The third-order valence-corrected chi connectivity index (χ3v) is 4.85. The summed E-state index contributed by atoms with van der Waals surface area (Å²) in [6.07, 6.45) is 3.20. The Morgan fingerprint density at radius 3 is 2.67 bits per heavy atom. The standard InChI is InChI=1S/C14H24N2O4S/c1-14(2,3)20-13(17)16-7-4-5-11(9-16)15-12-6-8-21(18,19)10-12/h6,8,11-12,15H,4-5,7,9-10H2,1-3H3. The van der Waals surface area contributed by atoms with Gasteiger partial charge in [-0.05, 0) is 33.6 Å². The van der Waals surface area contributed by atoms with Gasteiger partial charge in [-0.25, -0.2) is 13.2 Å². The maximum absolute atomic E-state index is 12.1. The second-order valence-corrected chi connectivity index (χ2v) is 8.63. The summed E-state index contributed by atoms with van der Waals surface area (Å²) in [5.74, 6) is 0.107. The van der Waals surface area contributed by atoms with E-state index >= 15 is 0 Å². The van der Waals surface area contributed by atoms with Crippen LogP contribution in [0.5, 0.6) is 0 Å². The smallest absolute Gasteiger partial charge is 0.410 e. The summed E-state index contributed by atoms with van der Waals surface area (Å²) >= 11 is 0. The molecule has 21 heavy (non-hydrogen) atoms. The molecule has 6 nitrogen and oxygen atoms in total. The Labute approximate surface area is 126 Å². The van der Waals surface area contributed by atoms with Crippen LogP contribution in [0.25, 0.3) is 0 Å². The second kappa shape index (κ2) is 5.96. The van der Waals surface area contributed by atoms with Gasteiger partial charge in [0, 0.05) is 30.6 Å². The van der Waals surface area contributed by atoms with Crippen molar-refractivity contribution < 1.29 is 17.9 Å². The van der Waals surface area contributed by atoms with Gasteiger partial charge in [-0.2, -0.15) is 0 Å². The van der Waals surface area contributed by atoms with Gasteiger partial charge in [0.05, 0.1) is 5.75 Å². The van der Waals surface area contributed by atoms with E-state index in [0.29, 0.717) is 13.1 Å². The minimum Gasteiger partial charge on any atom is -0.444 e. The molecule has 120 valence electrons. The predicted molar refractivity (Wildman–Crippen MR) is 80.7 cm³/mol. The van der Waals surface area contributed by atoms with Crippen molar-refractivity contribution in [3.05, 3.63) is 11.5 Å². The van der Waals surface area contributed by atoms with Crippen molar-refractivity contribution >= 4 is 15.9 Å². The summed E-state index contributed by atoms with van der Waals surface area (Å²) in [5.41, 5.74) is -0.500. The molecule has 2 rings (SSSR count). The molecule has 1 fully saturated rings. The van der Waals surface area contributed by atoms with E-state index in [1.807, 2.05) is 20.8 Å². The number of sulfone groups is 1. The van der Waals surface area contributed by atoms with Gasteiger partial charge in [0.15, 0.2) is 9.84 Å². The maximum Gasteiger partial charge on any atom is 0.410 e. The van der Waals surface area contributed by atoms with Crippen molar-refractivity contribution in [3.8, 4) is 0 Å². The van der Waals surface area contributed by atoms with E-state index in [1.165, 1.54) is 5.41 Å². The Morgan fingerprint density at radius 1 is 1.38 bits per heavy atom. The monoisotopic (exact) mass is 316 g/mol. The van der Waals surface area contributed by atoms with Crippen molar-refractivity contribution in [1.82, 2.24) is 10.2 Å². The lowest BCUT2D eigenvalue weighted by molar-refractivity contribution is 0.0186. The Kier molecular flexibility index (Phi) is 4.63. The number of rotatable bonds is 2. The van der Waals surface area contributed by atoms with Crippen LogP contribution in [0.15, 0.2) is 11.5 Å². The van der Waals surface area contributed by atoms with Crippen molar-refractivity contribution in [1.29, 1.82) is 0 Å². The van der Waals surface area contributed by atoms with E-state index in [2.05, 4.69) is 5.32 Å². The van der Waals surface area contributed by atoms with Crippen LogP contribution < -0.4 is 5.32 Å². The molecule has 2 atom stereocenters. The molecule has 0 bridgehead atoms. The summed E-state index contributed by atoms with van der Waals surface area (Å²) in [6, 6.07) is -0.0483. The SMILES string of the molecule is CC(C)(C)OC(=O)N1CCCC(NC2C=CS(=O)(=O)C2)C1. The molecular formula is C14H24N2O4S. The minimum atomic E-state index is -3.05. The lowest BCUT2D eigenvalue weighted by atomic mass is 10.1. The van der Waals surface area contributed by atoms with Crippen LogP contribution in [0.1, 0.15) is 33.6 Å². The first-order chi connectivity index (χ1) is 9.65. The van der Waals surface area contributed by atoms with Gasteiger partial charge in [0.25, 0.3) is 0 Å². The van der Waals surface area contributed by atoms with E-state index in [4.69, 9.17) is 4.74 Å². The third kappa shape index (κ3) is 5.00. The summed E-state index contributed by atoms with van der Waals surface area (Å²) < 4.78 is 28.2. The maximum atomic E-state index is 12.1. The number of carbonyl (C=O) groups excluding carboxylic acids is 1. The van der Waals surface area contributed by atoms with Crippen molar-refractivity contribution in [2.45, 2.75) is 51.3 Å². The average molecular weight is 316 g/mol. The number of hydrogen-bond donors (Lipinski definition) is 1. The normalized spacial score (nSPS) is 28.6. The molecule has 1 N–H and O–H groups in total. The highest BCUT2D eigenvalue weighted by Gasteiger charge is 2.30. The molecule has 0 aromatic heterocycles. The van der Waals surface area contributed by atoms with Gasteiger partial charge >= 0.3 is 6.09 Å². The summed E-state index contributed by atoms with van der Waals surface area (Å²) in [4.78, 5) is 13.8. The van der Waals surface area contributed by atoms with Crippen LogP contribution in [0.3, 0.4) is 0 Å². The zero-order chi connectivity index (χ0) is 15.7. The lowest BCUT2D eigenvalue weighted by Crippen LogP contribution is -2.51. The first-order valence-corrected chi connectivity index (χ1v) is 9.01. The van der Waals surface area contributed by atoms with Crippen molar-refractivity contribution in [3.63, 3.8) is 0 Å². The molecule has 0 saturated carbocycles. The number of nitrogens with one attached hydrogen (secondary N) is 1. The molecule has 1 saturated heterocycles. The fourth-order valence-corrected chi connectivity index (χ4v) is 3.84. The number of piperidine rings is 1. The fourth-order valence-electron chi connectivity index (χ4n) is 2.59. The van der Waals surface area contributed by atoms with Gasteiger partial charge in [-0.15, -0.1) is 0 Å². The largest absolute Gasteiger partial charge is 0.444 e. The van der Waals surface area contributed by atoms with Gasteiger partial charge in [-0.1, -0.05) is 6.08 Å². The number of hydrogen-bond acceptors (Lipinski definition) is 5. The lowest BCUT2D eigenvalue weighted by Gasteiger charge is -2.35. The third-order valence-electron chi connectivity index (χ3n) is 3.45. The molecule has 0 radical (unpaired) electrons. The quantitative estimate of drug-likeness (QED) is 0.831. The van der Waals surface area contributed by atoms with E-state index in [9.17, 15) is 13.2 Å². The van der Waals surface area contributed by atoms with Crippen LogP contribution in [-0.2, 0) is 14.6 Å². The van der Waals surface area contributed by atoms with Crippen LogP contribution in [-0.4, -0.2) is 55.9 Å². The van der Waals surface area contributed by atoms with Crippen LogP contribution in [0.2, 0.25) is 0 Å². The van der Waals surface area contributed by atoms with Crippen molar-refractivity contribution in [2.24, 2.45) is 0 Å². The first-order valence-electron chi connectivity index (χ1n) is 7.29. The minimum absolute atomic E-state index is 0.106. The van der Waals surface area contributed by atoms with Gasteiger partial charge in [-0.3, -0.25) is 0 Å². The molecule has 2 aliphatic rings. The Balaban J connectivity index is 1.87. The molecule has 0 aromatic rings. The number of ether oxygens (including phenoxy) is 1. The second-order valence-electron chi connectivity index (χ2n) is 6.70. The molecule has 2 unspecified atom stereocenters. The molecule has 7 heteroatoms. The fraction of sp³-hybridized carbons (Fsp3) is 0.786. The Morgan fingerprint density at radius 2 is 2.10 bits per heavy atom. The number of likely N-dealkylation sites (tertiary alicyclic amines) is 1. The van der Waals surface area contributed by atoms with Crippen LogP contribution >= 0.6 is 0 Å². The number of carbonyl (C=O) groups is 1. The highest BCUT2D eigenvalue weighted by molar-refractivity contribution is 7.94. The summed E-state index contributed by atoms with van der Waals surface area (Å²) in [5, 5.41) is 4.57. The van der Waals surface area contributed by atoms with E-state index < -0.39 is 15.4 Å². The van der Waals surface area contributed by atoms with Gasteiger partial charge < -0.3 is 15.0 Å².